The molecule has 0 radical (unpaired) electrons. The minimum atomic E-state index is 0. The van der Waals surface area contributed by atoms with Crippen LogP contribution in [0.25, 0.3) is 0 Å². The summed E-state index contributed by atoms with van der Waals surface area (Å²) in [7, 11) is 0. The number of hydrogen-bond acceptors (Lipinski definition) is 2. The first-order chi connectivity index (χ1) is 7.58. The summed E-state index contributed by atoms with van der Waals surface area (Å²) in [5, 5.41) is 2.85. The molecule has 1 amide bonds. The van der Waals surface area contributed by atoms with Gasteiger partial charge in [-0.25, -0.2) is 0 Å². The van der Waals surface area contributed by atoms with E-state index in [0.29, 0.717) is 13.0 Å². The van der Waals surface area contributed by atoms with Crippen LogP contribution in [0, 0.1) is 0 Å². The smallest absolute Gasteiger partial charge is 0.224 e. The van der Waals surface area contributed by atoms with Gasteiger partial charge in [0, 0.05) is 17.1 Å². The van der Waals surface area contributed by atoms with E-state index in [1.807, 2.05) is 31.2 Å². The molecule has 0 saturated carbocycles. The van der Waals surface area contributed by atoms with Gasteiger partial charge < -0.3 is 11.1 Å². The van der Waals surface area contributed by atoms with Crippen molar-refractivity contribution in [2.24, 2.45) is 5.73 Å². The van der Waals surface area contributed by atoms with Crippen molar-refractivity contribution in [3.63, 3.8) is 0 Å². The van der Waals surface area contributed by atoms with Crippen LogP contribution in [0.5, 0.6) is 0 Å². The molecule has 0 spiro atoms. The lowest BCUT2D eigenvalue weighted by molar-refractivity contribution is -0.120. The molecule has 0 heterocycles. The van der Waals surface area contributed by atoms with Crippen LogP contribution >= 0.6 is 28.3 Å². The summed E-state index contributed by atoms with van der Waals surface area (Å²) in [5.41, 5.74) is 6.61. The van der Waals surface area contributed by atoms with E-state index < -0.39 is 0 Å². The standard InChI is InChI=1S/C12H17BrN2O.ClH/c1-9(14)6-7-15-12(16)8-10-2-4-11(13)5-3-10;/h2-5,9H,6-8,14H2,1H3,(H,15,16);1H. The second-order valence-electron chi connectivity index (χ2n) is 3.92. The third-order valence-electron chi connectivity index (χ3n) is 2.20. The molecule has 0 aliphatic rings. The number of carbonyl (C=O) groups is 1. The fourth-order valence-electron chi connectivity index (χ4n) is 1.29. The van der Waals surface area contributed by atoms with Gasteiger partial charge in [0.25, 0.3) is 0 Å². The molecule has 3 nitrogen and oxygen atoms in total. The molecule has 0 aliphatic carbocycles. The third kappa shape index (κ3) is 7.36. The topological polar surface area (TPSA) is 55.1 Å². The second-order valence-corrected chi connectivity index (χ2v) is 4.83. The molecule has 0 fully saturated rings. The molecular weight excluding hydrogens is 304 g/mol. The summed E-state index contributed by atoms with van der Waals surface area (Å²) in [4.78, 5) is 11.5. The summed E-state index contributed by atoms with van der Waals surface area (Å²) >= 11 is 3.36. The predicted octanol–water partition coefficient (Wildman–Crippen LogP) is 2.27. The summed E-state index contributed by atoms with van der Waals surface area (Å²) in [6.07, 6.45) is 1.23. The van der Waals surface area contributed by atoms with Crippen molar-refractivity contribution in [1.29, 1.82) is 0 Å². The molecule has 0 aliphatic heterocycles. The van der Waals surface area contributed by atoms with E-state index >= 15 is 0 Å². The maximum atomic E-state index is 11.5. The Kier molecular flexibility index (Phi) is 8.21. The third-order valence-corrected chi connectivity index (χ3v) is 2.73. The Morgan fingerprint density at radius 2 is 2.00 bits per heavy atom. The number of benzene rings is 1. The summed E-state index contributed by atoms with van der Waals surface area (Å²) in [6.45, 7) is 2.58. The van der Waals surface area contributed by atoms with Gasteiger partial charge in [0.2, 0.25) is 5.91 Å². The Bertz CT molecular complexity index is 341. The Balaban J connectivity index is 0.00000256. The number of halogens is 2. The van der Waals surface area contributed by atoms with Crippen LogP contribution in [0.15, 0.2) is 28.7 Å². The minimum Gasteiger partial charge on any atom is -0.356 e. The van der Waals surface area contributed by atoms with Crippen LogP contribution in [0.1, 0.15) is 18.9 Å². The second kappa shape index (κ2) is 8.50. The van der Waals surface area contributed by atoms with E-state index in [0.717, 1.165) is 16.5 Å². The van der Waals surface area contributed by atoms with Crippen LogP contribution in [0.2, 0.25) is 0 Å². The van der Waals surface area contributed by atoms with Crippen molar-refractivity contribution >= 4 is 34.2 Å². The molecule has 1 aromatic carbocycles. The number of amides is 1. The van der Waals surface area contributed by atoms with Crippen molar-refractivity contribution in [2.45, 2.75) is 25.8 Å². The van der Waals surface area contributed by atoms with E-state index in [4.69, 9.17) is 5.73 Å². The van der Waals surface area contributed by atoms with Crippen LogP contribution in [-0.2, 0) is 11.2 Å². The van der Waals surface area contributed by atoms with Crippen LogP contribution < -0.4 is 11.1 Å². The van der Waals surface area contributed by atoms with E-state index in [9.17, 15) is 4.79 Å². The molecule has 96 valence electrons. The monoisotopic (exact) mass is 320 g/mol. The molecule has 0 aromatic heterocycles. The molecule has 0 bridgehead atoms. The quantitative estimate of drug-likeness (QED) is 0.874. The lowest BCUT2D eigenvalue weighted by Gasteiger charge is -2.07. The Labute approximate surface area is 117 Å². The molecular formula is C12H18BrClN2O. The highest BCUT2D eigenvalue weighted by molar-refractivity contribution is 9.10. The average Bonchev–Trinajstić information content (AvgIpc) is 2.21. The number of nitrogens with two attached hydrogens (primary N) is 1. The van der Waals surface area contributed by atoms with Gasteiger partial charge in [-0.05, 0) is 31.0 Å². The van der Waals surface area contributed by atoms with Gasteiger partial charge >= 0.3 is 0 Å². The van der Waals surface area contributed by atoms with Gasteiger partial charge in [-0.15, -0.1) is 12.4 Å². The number of hydrogen-bond donors (Lipinski definition) is 2. The molecule has 1 unspecified atom stereocenters. The fourth-order valence-corrected chi connectivity index (χ4v) is 1.55. The Hall–Kier alpha value is -0.580. The SMILES string of the molecule is CC(N)CCNC(=O)Cc1ccc(Br)cc1.Cl. The summed E-state index contributed by atoms with van der Waals surface area (Å²) in [6, 6.07) is 7.88. The van der Waals surface area contributed by atoms with Crippen molar-refractivity contribution in [1.82, 2.24) is 5.32 Å². The largest absolute Gasteiger partial charge is 0.356 e. The van der Waals surface area contributed by atoms with Crippen molar-refractivity contribution in [3.8, 4) is 0 Å². The molecule has 3 N–H and O–H groups in total. The van der Waals surface area contributed by atoms with E-state index in [1.165, 1.54) is 0 Å². The Morgan fingerprint density at radius 3 is 2.53 bits per heavy atom. The van der Waals surface area contributed by atoms with Crippen molar-refractivity contribution in [2.75, 3.05) is 6.54 Å². The molecule has 5 heteroatoms. The van der Waals surface area contributed by atoms with Crippen LogP contribution in [-0.4, -0.2) is 18.5 Å². The predicted molar refractivity (Wildman–Crippen MR) is 76.4 cm³/mol. The number of rotatable bonds is 5. The maximum Gasteiger partial charge on any atom is 0.224 e. The van der Waals surface area contributed by atoms with E-state index in [1.54, 1.807) is 0 Å². The lowest BCUT2D eigenvalue weighted by atomic mass is 10.1. The van der Waals surface area contributed by atoms with Gasteiger partial charge in [0.15, 0.2) is 0 Å². The van der Waals surface area contributed by atoms with E-state index in [-0.39, 0.29) is 24.4 Å². The highest BCUT2D eigenvalue weighted by atomic mass is 79.9. The molecule has 1 rings (SSSR count). The Morgan fingerprint density at radius 1 is 1.41 bits per heavy atom. The summed E-state index contributed by atoms with van der Waals surface area (Å²) < 4.78 is 1.02. The van der Waals surface area contributed by atoms with Gasteiger partial charge in [-0.2, -0.15) is 0 Å². The molecule has 1 aromatic rings. The highest BCUT2D eigenvalue weighted by Gasteiger charge is 2.03. The first kappa shape index (κ1) is 16.4. The van der Waals surface area contributed by atoms with Crippen molar-refractivity contribution in [3.05, 3.63) is 34.3 Å². The minimum absolute atomic E-state index is 0. The van der Waals surface area contributed by atoms with Crippen LogP contribution in [0.4, 0.5) is 0 Å². The number of nitrogens with one attached hydrogen (secondary N) is 1. The molecule has 17 heavy (non-hydrogen) atoms. The van der Waals surface area contributed by atoms with Crippen LogP contribution in [0.3, 0.4) is 0 Å². The molecule has 1 atom stereocenters. The zero-order valence-corrected chi connectivity index (χ0v) is 12.2. The average molecular weight is 322 g/mol. The highest BCUT2D eigenvalue weighted by Crippen LogP contribution is 2.10. The normalized spacial score (nSPS) is 11.5. The van der Waals surface area contributed by atoms with E-state index in [2.05, 4.69) is 21.2 Å². The zero-order valence-electron chi connectivity index (χ0n) is 9.78. The van der Waals surface area contributed by atoms with Gasteiger partial charge in [0.05, 0.1) is 6.42 Å². The maximum absolute atomic E-state index is 11.5. The first-order valence-electron chi connectivity index (χ1n) is 5.34. The van der Waals surface area contributed by atoms with Gasteiger partial charge in [-0.3, -0.25) is 4.79 Å². The fraction of sp³-hybridized carbons (Fsp3) is 0.417. The zero-order chi connectivity index (χ0) is 12.0. The molecule has 0 saturated heterocycles. The lowest BCUT2D eigenvalue weighted by Crippen LogP contribution is -2.29. The van der Waals surface area contributed by atoms with Gasteiger partial charge in [0.1, 0.15) is 0 Å². The number of carbonyl (C=O) groups excluding carboxylic acids is 1. The first-order valence-corrected chi connectivity index (χ1v) is 6.14. The van der Waals surface area contributed by atoms with Crippen molar-refractivity contribution < 1.29 is 4.79 Å². The summed E-state index contributed by atoms with van der Waals surface area (Å²) in [5.74, 6) is 0.0444. The van der Waals surface area contributed by atoms with Gasteiger partial charge in [-0.1, -0.05) is 28.1 Å².